The van der Waals surface area contributed by atoms with Gasteiger partial charge in [-0.3, -0.25) is 9.69 Å². The summed E-state index contributed by atoms with van der Waals surface area (Å²) in [4.78, 5) is 24.5. The fourth-order valence-corrected chi connectivity index (χ4v) is 1.83. The van der Waals surface area contributed by atoms with Crippen molar-refractivity contribution in [2.75, 3.05) is 13.2 Å². The SMILES string of the molecule is CC1(C)NC(=O)N(CCOc2ccccc2F)C1=O. The molecule has 102 valence electrons. The lowest BCUT2D eigenvalue weighted by molar-refractivity contribution is -0.130. The highest BCUT2D eigenvalue weighted by molar-refractivity contribution is 6.06. The van der Waals surface area contributed by atoms with E-state index in [4.69, 9.17) is 4.74 Å². The Morgan fingerprint density at radius 1 is 1.32 bits per heavy atom. The van der Waals surface area contributed by atoms with E-state index in [1.807, 2.05) is 0 Å². The Kier molecular flexibility index (Phi) is 3.42. The standard InChI is InChI=1S/C13H15FN2O3/c1-13(2)11(17)16(12(18)15-13)7-8-19-10-6-4-3-5-9(10)14/h3-6H,7-8H2,1-2H3,(H,15,18). The highest BCUT2D eigenvalue weighted by Gasteiger charge is 2.43. The zero-order valence-electron chi connectivity index (χ0n) is 10.8. The number of carbonyl (C=O) groups excluding carboxylic acids is 2. The number of nitrogens with zero attached hydrogens (tertiary/aromatic N) is 1. The number of ether oxygens (including phenoxy) is 1. The Morgan fingerprint density at radius 2 is 2.00 bits per heavy atom. The number of hydrogen-bond donors (Lipinski definition) is 1. The quantitative estimate of drug-likeness (QED) is 0.841. The Balaban J connectivity index is 1.92. The molecule has 0 radical (unpaired) electrons. The van der Waals surface area contributed by atoms with Crippen LogP contribution in [0.5, 0.6) is 5.75 Å². The molecule has 1 fully saturated rings. The smallest absolute Gasteiger partial charge is 0.325 e. The van der Waals surface area contributed by atoms with Crippen molar-refractivity contribution in [1.29, 1.82) is 0 Å². The first-order valence-corrected chi connectivity index (χ1v) is 5.93. The van der Waals surface area contributed by atoms with Gasteiger partial charge in [0.25, 0.3) is 5.91 Å². The predicted molar refractivity (Wildman–Crippen MR) is 66.2 cm³/mol. The van der Waals surface area contributed by atoms with Crippen LogP contribution < -0.4 is 10.1 Å². The van der Waals surface area contributed by atoms with Crippen molar-refractivity contribution in [1.82, 2.24) is 10.2 Å². The fraction of sp³-hybridized carbons (Fsp3) is 0.385. The summed E-state index contributed by atoms with van der Waals surface area (Å²) < 4.78 is 18.5. The Morgan fingerprint density at radius 3 is 2.58 bits per heavy atom. The van der Waals surface area contributed by atoms with Crippen LogP contribution in [0.1, 0.15) is 13.8 Å². The van der Waals surface area contributed by atoms with Gasteiger partial charge in [-0.2, -0.15) is 0 Å². The average Bonchev–Trinajstić information content (AvgIpc) is 2.53. The molecule has 5 nitrogen and oxygen atoms in total. The number of para-hydroxylation sites is 1. The molecule has 0 aromatic heterocycles. The summed E-state index contributed by atoms with van der Waals surface area (Å²) in [6.07, 6.45) is 0. The highest BCUT2D eigenvalue weighted by atomic mass is 19.1. The van der Waals surface area contributed by atoms with Crippen molar-refractivity contribution in [3.05, 3.63) is 30.1 Å². The molecule has 3 amide bonds. The number of imide groups is 1. The van der Waals surface area contributed by atoms with E-state index >= 15 is 0 Å². The third-order valence-corrected chi connectivity index (χ3v) is 2.85. The van der Waals surface area contributed by atoms with E-state index in [0.29, 0.717) is 0 Å². The second-order valence-corrected chi connectivity index (χ2v) is 4.79. The fourth-order valence-electron chi connectivity index (χ4n) is 1.83. The Labute approximate surface area is 110 Å². The van der Waals surface area contributed by atoms with Crippen molar-refractivity contribution >= 4 is 11.9 Å². The molecule has 19 heavy (non-hydrogen) atoms. The van der Waals surface area contributed by atoms with Crippen molar-refractivity contribution in [2.24, 2.45) is 0 Å². The van der Waals surface area contributed by atoms with E-state index in [0.717, 1.165) is 4.90 Å². The van der Waals surface area contributed by atoms with Gasteiger partial charge in [0, 0.05) is 0 Å². The highest BCUT2D eigenvalue weighted by Crippen LogP contribution is 2.18. The Hall–Kier alpha value is -2.11. The molecule has 0 atom stereocenters. The predicted octanol–water partition coefficient (Wildman–Crippen LogP) is 1.53. The van der Waals surface area contributed by atoms with Crippen LogP contribution in [0.3, 0.4) is 0 Å². The van der Waals surface area contributed by atoms with E-state index in [-0.39, 0.29) is 24.8 Å². The largest absolute Gasteiger partial charge is 0.489 e. The van der Waals surface area contributed by atoms with Crippen LogP contribution in [0.15, 0.2) is 24.3 Å². The zero-order valence-corrected chi connectivity index (χ0v) is 10.8. The van der Waals surface area contributed by atoms with Crippen molar-refractivity contribution in [3.63, 3.8) is 0 Å². The third-order valence-electron chi connectivity index (χ3n) is 2.85. The number of rotatable bonds is 4. The first kappa shape index (κ1) is 13.3. The number of carbonyl (C=O) groups is 2. The van der Waals surface area contributed by atoms with Crippen molar-refractivity contribution in [3.8, 4) is 5.75 Å². The number of amides is 3. The van der Waals surface area contributed by atoms with Gasteiger partial charge in [0.1, 0.15) is 12.1 Å². The molecular formula is C13H15FN2O3. The molecular weight excluding hydrogens is 251 g/mol. The lowest BCUT2D eigenvalue weighted by Gasteiger charge is -2.16. The summed E-state index contributed by atoms with van der Waals surface area (Å²) in [7, 11) is 0. The molecule has 1 N–H and O–H groups in total. The van der Waals surface area contributed by atoms with E-state index in [9.17, 15) is 14.0 Å². The number of benzene rings is 1. The third kappa shape index (κ3) is 2.67. The van der Waals surface area contributed by atoms with Gasteiger partial charge in [-0.25, -0.2) is 9.18 Å². The van der Waals surface area contributed by atoms with Crippen LogP contribution >= 0.6 is 0 Å². The van der Waals surface area contributed by atoms with Crippen LogP contribution in [0.4, 0.5) is 9.18 Å². The van der Waals surface area contributed by atoms with E-state index in [1.165, 1.54) is 12.1 Å². The summed E-state index contributed by atoms with van der Waals surface area (Å²) in [5.74, 6) is -0.677. The van der Waals surface area contributed by atoms with Crippen molar-refractivity contribution < 1.29 is 18.7 Å². The first-order chi connectivity index (χ1) is 8.92. The average molecular weight is 266 g/mol. The van der Waals surface area contributed by atoms with E-state index < -0.39 is 17.4 Å². The summed E-state index contributed by atoms with van der Waals surface area (Å²) in [5, 5.41) is 2.56. The molecule has 1 aliphatic heterocycles. The van der Waals surface area contributed by atoms with Gasteiger partial charge in [-0.05, 0) is 26.0 Å². The summed E-state index contributed by atoms with van der Waals surface area (Å²) in [5.41, 5.74) is -0.894. The second-order valence-electron chi connectivity index (χ2n) is 4.79. The Bertz CT molecular complexity index is 516. The van der Waals surface area contributed by atoms with Crippen molar-refractivity contribution in [2.45, 2.75) is 19.4 Å². The van der Waals surface area contributed by atoms with Crippen LogP contribution in [0.2, 0.25) is 0 Å². The van der Waals surface area contributed by atoms with E-state index in [1.54, 1.807) is 26.0 Å². The molecule has 0 unspecified atom stereocenters. The first-order valence-electron chi connectivity index (χ1n) is 5.93. The lowest BCUT2D eigenvalue weighted by atomic mass is 10.1. The van der Waals surface area contributed by atoms with Gasteiger partial charge >= 0.3 is 6.03 Å². The minimum Gasteiger partial charge on any atom is -0.489 e. The van der Waals surface area contributed by atoms with Crippen LogP contribution in [0, 0.1) is 5.82 Å². The molecule has 6 heteroatoms. The number of nitrogens with one attached hydrogen (secondary N) is 1. The summed E-state index contributed by atoms with van der Waals surface area (Å²) in [6.45, 7) is 3.40. The van der Waals surface area contributed by atoms with Gasteiger partial charge in [-0.15, -0.1) is 0 Å². The zero-order chi connectivity index (χ0) is 14.0. The van der Waals surface area contributed by atoms with E-state index in [2.05, 4.69) is 5.32 Å². The topological polar surface area (TPSA) is 58.6 Å². The number of urea groups is 1. The van der Waals surface area contributed by atoms with Gasteiger partial charge < -0.3 is 10.1 Å². The second kappa shape index (κ2) is 4.87. The summed E-state index contributed by atoms with van der Waals surface area (Å²) >= 11 is 0. The minimum absolute atomic E-state index is 0.0518. The molecule has 1 heterocycles. The molecule has 0 spiro atoms. The molecule has 1 aromatic rings. The molecule has 0 aliphatic carbocycles. The van der Waals surface area contributed by atoms with Crippen LogP contribution in [0.25, 0.3) is 0 Å². The maximum absolute atomic E-state index is 13.3. The molecule has 1 aromatic carbocycles. The molecule has 0 saturated carbocycles. The number of hydrogen-bond acceptors (Lipinski definition) is 3. The maximum Gasteiger partial charge on any atom is 0.325 e. The van der Waals surface area contributed by atoms with Crippen LogP contribution in [-0.4, -0.2) is 35.5 Å². The van der Waals surface area contributed by atoms with Crippen LogP contribution in [-0.2, 0) is 4.79 Å². The number of halogens is 1. The summed E-state index contributed by atoms with van der Waals surface area (Å²) in [6, 6.07) is 5.53. The molecule has 1 aliphatic rings. The van der Waals surface area contributed by atoms with Gasteiger partial charge in [-0.1, -0.05) is 12.1 Å². The molecule has 2 rings (SSSR count). The monoisotopic (exact) mass is 266 g/mol. The molecule has 0 bridgehead atoms. The maximum atomic E-state index is 13.3. The van der Waals surface area contributed by atoms with Gasteiger partial charge in [0.05, 0.1) is 6.54 Å². The normalized spacial score (nSPS) is 17.5. The minimum atomic E-state index is -0.894. The van der Waals surface area contributed by atoms with Gasteiger partial charge in [0.2, 0.25) is 0 Å². The lowest BCUT2D eigenvalue weighted by Crippen LogP contribution is -2.40. The van der Waals surface area contributed by atoms with Gasteiger partial charge in [0.15, 0.2) is 11.6 Å². The molecule has 1 saturated heterocycles.